The molecule has 0 atom stereocenters. The number of rotatable bonds is 9. The molecule has 2 N–H and O–H groups in total. The van der Waals surface area contributed by atoms with Crippen molar-refractivity contribution in [1.82, 2.24) is 10.3 Å². The van der Waals surface area contributed by atoms with Crippen molar-refractivity contribution in [3.8, 4) is 5.75 Å². The van der Waals surface area contributed by atoms with E-state index in [1.165, 1.54) is 0 Å². The fourth-order valence-electron chi connectivity index (χ4n) is 3.04. The van der Waals surface area contributed by atoms with Gasteiger partial charge in [-0.15, -0.1) is 11.3 Å². The number of benzene rings is 2. The van der Waals surface area contributed by atoms with Crippen molar-refractivity contribution < 1.29 is 23.9 Å². The van der Waals surface area contributed by atoms with E-state index >= 15 is 0 Å². The third kappa shape index (κ3) is 6.33. The molecule has 8 nitrogen and oxygen atoms in total. The van der Waals surface area contributed by atoms with Gasteiger partial charge in [-0.05, 0) is 56.2 Å². The maximum Gasteiger partial charge on any atom is 0.350 e. The van der Waals surface area contributed by atoms with Crippen LogP contribution in [0, 0.1) is 6.92 Å². The minimum Gasteiger partial charge on any atom is -0.486 e. The summed E-state index contributed by atoms with van der Waals surface area (Å²) in [6, 6.07) is 13.8. The van der Waals surface area contributed by atoms with E-state index < -0.39 is 18.5 Å². The van der Waals surface area contributed by atoms with E-state index in [-0.39, 0.29) is 18.6 Å². The highest BCUT2D eigenvalue weighted by Gasteiger charge is 2.25. The Labute approximate surface area is 205 Å². The van der Waals surface area contributed by atoms with Gasteiger partial charge < -0.3 is 20.1 Å². The number of para-hydroxylation sites is 1. The van der Waals surface area contributed by atoms with Gasteiger partial charge in [-0.3, -0.25) is 9.59 Å². The molecule has 0 radical (unpaired) electrons. The van der Waals surface area contributed by atoms with Crippen LogP contribution in [0.5, 0.6) is 5.75 Å². The summed E-state index contributed by atoms with van der Waals surface area (Å²) in [5, 5.41) is 6.73. The predicted molar refractivity (Wildman–Crippen MR) is 128 cm³/mol. The van der Waals surface area contributed by atoms with E-state index in [9.17, 15) is 14.4 Å². The van der Waals surface area contributed by atoms with Gasteiger partial charge >= 0.3 is 5.97 Å². The lowest BCUT2D eigenvalue weighted by atomic mass is 10.1. The van der Waals surface area contributed by atoms with Gasteiger partial charge in [-0.1, -0.05) is 23.7 Å². The molecule has 1 aromatic heterocycles. The minimum atomic E-state index is -0.650. The van der Waals surface area contributed by atoms with E-state index in [1.807, 2.05) is 0 Å². The number of halogens is 1. The van der Waals surface area contributed by atoms with Gasteiger partial charge in [0.2, 0.25) is 0 Å². The van der Waals surface area contributed by atoms with E-state index in [0.717, 1.165) is 24.2 Å². The van der Waals surface area contributed by atoms with E-state index in [0.29, 0.717) is 37.6 Å². The average Bonchev–Trinajstić information content (AvgIpc) is 3.56. The number of thiazole rings is 1. The molecular weight excluding hydrogens is 478 g/mol. The number of carbonyl (C=O) groups is 3. The molecule has 34 heavy (non-hydrogen) atoms. The molecule has 1 fully saturated rings. The summed E-state index contributed by atoms with van der Waals surface area (Å²) in [4.78, 5) is 41.9. The highest BCUT2D eigenvalue weighted by Crippen LogP contribution is 2.23. The zero-order chi connectivity index (χ0) is 24.1. The number of nitrogens with zero attached hydrogens (tertiary/aromatic N) is 1. The van der Waals surface area contributed by atoms with E-state index in [1.54, 1.807) is 55.5 Å². The molecule has 0 spiro atoms. The van der Waals surface area contributed by atoms with Crippen LogP contribution in [0.25, 0.3) is 0 Å². The lowest BCUT2D eigenvalue weighted by Gasteiger charge is -2.11. The Kier molecular flexibility index (Phi) is 7.44. The van der Waals surface area contributed by atoms with Crippen LogP contribution in [0.2, 0.25) is 5.02 Å². The number of hydrogen-bond acceptors (Lipinski definition) is 7. The number of amides is 2. The van der Waals surface area contributed by atoms with Crippen molar-refractivity contribution in [3.63, 3.8) is 0 Å². The predicted octanol–water partition coefficient (Wildman–Crippen LogP) is 4.37. The number of esters is 1. The molecule has 0 unspecified atom stereocenters. The molecule has 1 saturated carbocycles. The molecule has 1 aliphatic carbocycles. The normalized spacial score (nSPS) is 12.6. The molecule has 2 aromatic carbocycles. The Morgan fingerprint density at radius 2 is 1.85 bits per heavy atom. The van der Waals surface area contributed by atoms with Gasteiger partial charge in [-0.25, -0.2) is 9.78 Å². The molecule has 4 rings (SSSR count). The summed E-state index contributed by atoms with van der Waals surface area (Å²) in [7, 11) is 0. The Bertz CT molecular complexity index is 1210. The summed E-state index contributed by atoms with van der Waals surface area (Å²) >= 11 is 7.01. The van der Waals surface area contributed by atoms with Crippen LogP contribution in [0.15, 0.2) is 48.5 Å². The van der Waals surface area contributed by atoms with Crippen LogP contribution in [-0.2, 0) is 16.1 Å². The van der Waals surface area contributed by atoms with E-state index in [4.69, 9.17) is 21.1 Å². The monoisotopic (exact) mass is 499 g/mol. The fraction of sp³-hybridized carbons (Fsp3) is 0.250. The van der Waals surface area contributed by atoms with Gasteiger partial charge in [0.05, 0.1) is 16.9 Å². The van der Waals surface area contributed by atoms with Gasteiger partial charge in [0.1, 0.15) is 22.2 Å². The molecule has 0 saturated heterocycles. The topological polar surface area (TPSA) is 107 Å². The lowest BCUT2D eigenvalue weighted by Crippen LogP contribution is -2.28. The summed E-state index contributed by atoms with van der Waals surface area (Å²) in [5.41, 5.74) is 1.21. The van der Waals surface area contributed by atoms with Crippen LogP contribution in [0.4, 0.5) is 5.69 Å². The van der Waals surface area contributed by atoms with Crippen LogP contribution in [0.3, 0.4) is 0 Å². The van der Waals surface area contributed by atoms with Crippen LogP contribution < -0.4 is 15.4 Å². The van der Waals surface area contributed by atoms with E-state index in [2.05, 4.69) is 15.6 Å². The minimum absolute atomic E-state index is 0.181. The molecule has 0 aliphatic heterocycles. The van der Waals surface area contributed by atoms with Crippen LogP contribution in [-0.4, -0.2) is 35.4 Å². The quantitative estimate of drug-likeness (QED) is 0.423. The van der Waals surface area contributed by atoms with Crippen molar-refractivity contribution in [2.45, 2.75) is 32.4 Å². The van der Waals surface area contributed by atoms with Crippen molar-refractivity contribution in [2.24, 2.45) is 0 Å². The lowest BCUT2D eigenvalue weighted by molar-refractivity contribution is -0.119. The van der Waals surface area contributed by atoms with Gasteiger partial charge in [0.25, 0.3) is 11.8 Å². The SMILES string of the molecule is Cc1nc(COc2ccc(Cl)cc2)sc1C(=O)OCC(=O)Nc1ccccc1C(=O)NC1CC1. The van der Waals surface area contributed by atoms with Crippen molar-refractivity contribution in [3.05, 3.63) is 74.7 Å². The zero-order valence-electron chi connectivity index (χ0n) is 18.3. The molecule has 1 heterocycles. The summed E-state index contributed by atoms with van der Waals surface area (Å²) in [5.74, 6) is -0.815. The maximum atomic E-state index is 12.5. The number of hydrogen-bond donors (Lipinski definition) is 2. The number of nitrogens with one attached hydrogen (secondary N) is 2. The fourth-order valence-corrected chi connectivity index (χ4v) is 4.04. The first-order chi connectivity index (χ1) is 16.4. The second-order valence-corrected chi connectivity index (χ2v) is 9.20. The van der Waals surface area contributed by atoms with Crippen molar-refractivity contribution in [2.75, 3.05) is 11.9 Å². The Morgan fingerprint density at radius 1 is 1.12 bits per heavy atom. The maximum absolute atomic E-state index is 12.5. The Balaban J connectivity index is 1.30. The molecule has 1 aliphatic rings. The highest BCUT2D eigenvalue weighted by molar-refractivity contribution is 7.13. The first kappa shape index (κ1) is 23.7. The number of aromatic nitrogens is 1. The van der Waals surface area contributed by atoms with Gasteiger partial charge in [0, 0.05) is 11.1 Å². The molecule has 3 aromatic rings. The molecular formula is C24H22ClN3O5S. The molecule has 0 bridgehead atoms. The first-order valence-electron chi connectivity index (χ1n) is 10.6. The smallest absolute Gasteiger partial charge is 0.350 e. The first-order valence-corrected chi connectivity index (χ1v) is 11.8. The standard InChI is InChI=1S/C24H22ClN3O5S/c1-14-22(34-21(26-14)13-32-17-10-6-15(25)7-11-17)24(31)33-12-20(29)28-19-5-3-2-4-18(19)23(30)27-16-8-9-16/h2-7,10-11,16H,8-9,12-13H2,1H3,(H,27,30)(H,28,29). The molecule has 10 heteroatoms. The average molecular weight is 500 g/mol. The van der Waals surface area contributed by atoms with Crippen molar-refractivity contribution >= 4 is 46.4 Å². The Hall–Kier alpha value is -3.43. The largest absolute Gasteiger partial charge is 0.486 e. The second-order valence-electron chi connectivity index (χ2n) is 7.68. The number of ether oxygens (including phenoxy) is 2. The van der Waals surface area contributed by atoms with Crippen molar-refractivity contribution in [1.29, 1.82) is 0 Å². The number of anilines is 1. The summed E-state index contributed by atoms with van der Waals surface area (Å²) in [6.45, 7) is 1.37. The summed E-state index contributed by atoms with van der Waals surface area (Å²) < 4.78 is 10.8. The number of carbonyl (C=O) groups excluding carboxylic acids is 3. The molecule has 2 amide bonds. The van der Waals surface area contributed by atoms with Gasteiger partial charge in [0.15, 0.2) is 6.61 Å². The molecule has 176 valence electrons. The van der Waals surface area contributed by atoms with Gasteiger partial charge in [-0.2, -0.15) is 0 Å². The highest BCUT2D eigenvalue weighted by atomic mass is 35.5. The third-order valence-corrected chi connectivity index (χ3v) is 6.26. The zero-order valence-corrected chi connectivity index (χ0v) is 19.9. The number of aryl methyl sites for hydroxylation is 1. The Morgan fingerprint density at radius 3 is 2.59 bits per heavy atom. The van der Waals surface area contributed by atoms with Crippen LogP contribution in [0.1, 0.15) is 43.6 Å². The second kappa shape index (κ2) is 10.7. The third-order valence-electron chi connectivity index (χ3n) is 4.89. The van der Waals surface area contributed by atoms with Crippen LogP contribution >= 0.6 is 22.9 Å². The summed E-state index contributed by atoms with van der Waals surface area (Å²) in [6.07, 6.45) is 1.92.